The fourth-order valence-electron chi connectivity index (χ4n) is 2.19. The van der Waals surface area contributed by atoms with E-state index in [-0.39, 0.29) is 5.58 Å². The fraction of sp³-hybridized carbons (Fsp3) is 0.467. The zero-order valence-electron chi connectivity index (χ0n) is 11.4. The molecule has 2 unspecified atom stereocenters. The summed E-state index contributed by atoms with van der Waals surface area (Å²) in [5.74, 6) is -0.0940. The molecule has 19 heavy (non-hydrogen) atoms. The quantitative estimate of drug-likeness (QED) is 0.894. The summed E-state index contributed by atoms with van der Waals surface area (Å²) in [6, 6.07) is 6.37. The maximum Gasteiger partial charge on any atom is 0.170 e. The van der Waals surface area contributed by atoms with Crippen molar-refractivity contribution in [1.29, 1.82) is 0 Å². The third kappa shape index (κ3) is 2.51. The Kier molecular flexibility index (Phi) is 3.92. The molecule has 0 spiro atoms. The van der Waals surface area contributed by atoms with E-state index in [0.717, 1.165) is 0 Å². The average Bonchev–Trinajstić information content (AvgIpc) is 2.83. The normalized spacial score (nSPS) is 16.5. The number of rotatable bonds is 5. The Hall–Kier alpha value is -1.39. The number of para-hydroxylation sites is 1. The van der Waals surface area contributed by atoms with Crippen molar-refractivity contribution in [2.24, 2.45) is 0 Å². The molecule has 0 amide bonds. The average molecular weight is 266 g/mol. The fourth-order valence-corrected chi connectivity index (χ4v) is 2.19. The smallest absolute Gasteiger partial charge is 0.170 e. The van der Waals surface area contributed by atoms with Crippen molar-refractivity contribution in [3.63, 3.8) is 0 Å². The van der Waals surface area contributed by atoms with Gasteiger partial charge in [0.25, 0.3) is 0 Å². The van der Waals surface area contributed by atoms with Gasteiger partial charge in [0.05, 0.1) is 5.60 Å². The van der Waals surface area contributed by atoms with Crippen LogP contribution in [0.4, 0.5) is 4.39 Å². The van der Waals surface area contributed by atoms with Gasteiger partial charge in [0.1, 0.15) is 11.9 Å². The van der Waals surface area contributed by atoms with Gasteiger partial charge in [-0.3, -0.25) is 0 Å². The summed E-state index contributed by atoms with van der Waals surface area (Å²) in [4.78, 5) is 0. The molecule has 0 aliphatic rings. The van der Waals surface area contributed by atoms with Gasteiger partial charge in [0.15, 0.2) is 11.4 Å². The second-order valence-corrected chi connectivity index (χ2v) is 4.81. The van der Waals surface area contributed by atoms with E-state index in [1.54, 1.807) is 18.2 Å². The molecule has 0 saturated carbocycles. The number of aliphatic hydroxyl groups excluding tert-OH is 1. The Bertz CT molecular complexity index is 564. The maximum absolute atomic E-state index is 13.6. The van der Waals surface area contributed by atoms with Crippen LogP contribution >= 0.6 is 0 Å². The Morgan fingerprint density at radius 3 is 2.74 bits per heavy atom. The molecular weight excluding hydrogens is 247 g/mol. The molecule has 0 saturated heterocycles. The number of benzene rings is 1. The van der Waals surface area contributed by atoms with E-state index < -0.39 is 17.5 Å². The summed E-state index contributed by atoms with van der Waals surface area (Å²) in [6.45, 7) is 6.13. The van der Waals surface area contributed by atoms with Gasteiger partial charge in [0.2, 0.25) is 0 Å². The van der Waals surface area contributed by atoms with Gasteiger partial charge in [-0.1, -0.05) is 19.1 Å². The summed E-state index contributed by atoms with van der Waals surface area (Å²) in [7, 11) is 0. The van der Waals surface area contributed by atoms with Crippen LogP contribution in [0.2, 0.25) is 0 Å². The van der Waals surface area contributed by atoms with Crippen LogP contribution in [0.1, 0.15) is 39.1 Å². The molecule has 0 aliphatic carbocycles. The molecule has 4 heteroatoms. The SMILES string of the molecule is CCOC(C)(CC)C(O)c1cc2cccc(F)c2o1. The molecule has 2 aromatic rings. The first-order chi connectivity index (χ1) is 9.01. The molecule has 1 heterocycles. The molecule has 104 valence electrons. The van der Waals surface area contributed by atoms with E-state index in [1.807, 2.05) is 20.8 Å². The third-order valence-electron chi connectivity index (χ3n) is 3.54. The minimum Gasteiger partial charge on any atom is -0.455 e. The standard InChI is InChI=1S/C15H19FO3/c1-4-15(3,18-5-2)14(17)12-9-10-7-6-8-11(16)13(10)19-12/h6-9,14,17H,4-5H2,1-3H3. The number of hydrogen-bond acceptors (Lipinski definition) is 3. The zero-order valence-corrected chi connectivity index (χ0v) is 11.4. The molecule has 1 aromatic carbocycles. The Balaban J connectivity index is 2.40. The van der Waals surface area contributed by atoms with Crippen LogP contribution in [0.25, 0.3) is 11.0 Å². The van der Waals surface area contributed by atoms with Crippen LogP contribution in [-0.4, -0.2) is 17.3 Å². The maximum atomic E-state index is 13.6. The first kappa shape index (κ1) is 14.0. The summed E-state index contributed by atoms with van der Waals surface area (Å²) in [5, 5.41) is 11.1. The highest BCUT2D eigenvalue weighted by Gasteiger charge is 2.35. The molecule has 1 N–H and O–H groups in total. The van der Waals surface area contributed by atoms with Crippen molar-refractivity contribution in [3.8, 4) is 0 Å². The zero-order chi connectivity index (χ0) is 14.0. The molecule has 0 aliphatic heterocycles. The van der Waals surface area contributed by atoms with E-state index in [4.69, 9.17) is 9.15 Å². The summed E-state index contributed by atoms with van der Waals surface area (Å²) in [5.41, 5.74) is -0.564. The van der Waals surface area contributed by atoms with Gasteiger partial charge in [-0.15, -0.1) is 0 Å². The lowest BCUT2D eigenvalue weighted by atomic mass is 9.93. The monoisotopic (exact) mass is 266 g/mol. The van der Waals surface area contributed by atoms with Gasteiger partial charge in [-0.05, 0) is 32.4 Å². The minimum atomic E-state index is -0.927. The summed E-state index contributed by atoms with van der Waals surface area (Å²) in [6.07, 6.45) is -0.300. The molecule has 2 atom stereocenters. The molecule has 0 radical (unpaired) electrons. The van der Waals surface area contributed by atoms with Crippen LogP contribution in [0, 0.1) is 5.82 Å². The van der Waals surface area contributed by atoms with Crippen LogP contribution in [0.5, 0.6) is 0 Å². The van der Waals surface area contributed by atoms with Gasteiger partial charge < -0.3 is 14.3 Å². The summed E-state index contributed by atoms with van der Waals surface area (Å²) >= 11 is 0. The lowest BCUT2D eigenvalue weighted by Crippen LogP contribution is -2.35. The highest BCUT2D eigenvalue weighted by Crippen LogP contribution is 2.35. The largest absolute Gasteiger partial charge is 0.455 e. The molecule has 1 aromatic heterocycles. The van der Waals surface area contributed by atoms with Crippen LogP contribution in [0.3, 0.4) is 0 Å². The Morgan fingerprint density at radius 1 is 1.42 bits per heavy atom. The number of hydrogen-bond donors (Lipinski definition) is 1. The van der Waals surface area contributed by atoms with Crippen molar-refractivity contribution in [1.82, 2.24) is 0 Å². The van der Waals surface area contributed by atoms with Crippen molar-refractivity contribution in [2.75, 3.05) is 6.61 Å². The lowest BCUT2D eigenvalue weighted by molar-refractivity contribution is -0.119. The van der Waals surface area contributed by atoms with Crippen molar-refractivity contribution in [2.45, 2.75) is 38.9 Å². The molecule has 3 nitrogen and oxygen atoms in total. The van der Waals surface area contributed by atoms with Crippen LogP contribution in [-0.2, 0) is 4.74 Å². The van der Waals surface area contributed by atoms with E-state index in [0.29, 0.717) is 24.2 Å². The highest BCUT2D eigenvalue weighted by molar-refractivity contribution is 5.78. The second-order valence-electron chi connectivity index (χ2n) is 4.81. The van der Waals surface area contributed by atoms with Crippen molar-refractivity contribution < 1.29 is 18.7 Å². The molecule has 0 bridgehead atoms. The number of fused-ring (bicyclic) bond motifs is 1. The molecular formula is C15H19FO3. The van der Waals surface area contributed by atoms with E-state index in [1.165, 1.54) is 6.07 Å². The minimum absolute atomic E-state index is 0.173. The number of furan rings is 1. The number of ether oxygens (including phenoxy) is 1. The van der Waals surface area contributed by atoms with Crippen LogP contribution in [0.15, 0.2) is 28.7 Å². The van der Waals surface area contributed by atoms with Gasteiger partial charge in [0, 0.05) is 12.0 Å². The Morgan fingerprint density at radius 2 is 2.16 bits per heavy atom. The first-order valence-corrected chi connectivity index (χ1v) is 6.51. The highest BCUT2D eigenvalue weighted by atomic mass is 19.1. The summed E-state index contributed by atoms with van der Waals surface area (Å²) < 4.78 is 24.7. The predicted molar refractivity (Wildman–Crippen MR) is 71.5 cm³/mol. The van der Waals surface area contributed by atoms with E-state index >= 15 is 0 Å². The predicted octanol–water partition coefficient (Wildman–Crippen LogP) is 3.81. The lowest BCUT2D eigenvalue weighted by Gasteiger charge is -2.32. The topological polar surface area (TPSA) is 42.6 Å². The van der Waals surface area contributed by atoms with Gasteiger partial charge in [-0.25, -0.2) is 4.39 Å². The number of aliphatic hydroxyl groups is 1. The second kappa shape index (κ2) is 5.31. The Labute approximate surface area is 112 Å². The van der Waals surface area contributed by atoms with Crippen LogP contribution < -0.4 is 0 Å². The van der Waals surface area contributed by atoms with Gasteiger partial charge in [-0.2, -0.15) is 0 Å². The molecule has 2 rings (SSSR count). The number of halogens is 1. The molecule has 0 fully saturated rings. The first-order valence-electron chi connectivity index (χ1n) is 6.51. The third-order valence-corrected chi connectivity index (χ3v) is 3.54. The van der Waals surface area contributed by atoms with E-state index in [2.05, 4.69) is 0 Å². The van der Waals surface area contributed by atoms with E-state index in [9.17, 15) is 9.50 Å². The van der Waals surface area contributed by atoms with Crippen molar-refractivity contribution in [3.05, 3.63) is 35.8 Å². The van der Waals surface area contributed by atoms with Crippen molar-refractivity contribution >= 4 is 11.0 Å². The van der Waals surface area contributed by atoms with Gasteiger partial charge >= 0.3 is 0 Å².